The number of aromatic nitrogens is 1. The van der Waals surface area contributed by atoms with Gasteiger partial charge in [0.1, 0.15) is 0 Å². The molecule has 1 amide bonds. The van der Waals surface area contributed by atoms with Gasteiger partial charge in [-0.3, -0.25) is 4.79 Å². The average Bonchev–Trinajstić information content (AvgIpc) is 2.85. The third kappa shape index (κ3) is 3.17. The number of carbonyl (C=O) groups is 1. The second kappa shape index (κ2) is 5.78. The first-order valence-electron chi connectivity index (χ1n) is 5.90. The summed E-state index contributed by atoms with van der Waals surface area (Å²) in [6.07, 6.45) is 2.57. The highest BCUT2D eigenvalue weighted by Gasteiger charge is 2.06. The lowest BCUT2D eigenvalue weighted by molar-refractivity contribution is 0.0954. The van der Waals surface area contributed by atoms with Crippen LogP contribution in [0.15, 0.2) is 29.8 Å². The molecular formula is C14H16N2OS. The van der Waals surface area contributed by atoms with E-state index in [1.54, 1.807) is 17.5 Å². The Labute approximate surface area is 111 Å². The average molecular weight is 260 g/mol. The summed E-state index contributed by atoms with van der Waals surface area (Å²) in [6.45, 7) is 4.68. The summed E-state index contributed by atoms with van der Waals surface area (Å²) in [6, 6.07) is 5.76. The van der Waals surface area contributed by atoms with Crippen molar-refractivity contribution >= 4 is 17.2 Å². The summed E-state index contributed by atoms with van der Waals surface area (Å²) in [5.74, 6) is -0.0188. The first-order chi connectivity index (χ1) is 8.66. The zero-order chi connectivity index (χ0) is 13.0. The normalized spacial score (nSPS) is 10.3. The van der Waals surface area contributed by atoms with Crippen molar-refractivity contribution in [1.82, 2.24) is 10.3 Å². The van der Waals surface area contributed by atoms with Gasteiger partial charge in [-0.05, 0) is 37.1 Å². The van der Waals surface area contributed by atoms with Crippen LogP contribution < -0.4 is 5.32 Å². The van der Waals surface area contributed by atoms with Crippen molar-refractivity contribution in [3.05, 3.63) is 51.5 Å². The van der Waals surface area contributed by atoms with Gasteiger partial charge in [0, 0.05) is 30.1 Å². The molecule has 0 spiro atoms. The lowest BCUT2D eigenvalue weighted by atomic mass is 10.1. The van der Waals surface area contributed by atoms with Crippen molar-refractivity contribution < 1.29 is 4.79 Å². The molecule has 0 saturated carbocycles. The van der Waals surface area contributed by atoms with E-state index < -0.39 is 0 Å². The third-order valence-corrected chi connectivity index (χ3v) is 3.72. The fourth-order valence-corrected chi connectivity index (χ4v) is 2.26. The van der Waals surface area contributed by atoms with Gasteiger partial charge < -0.3 is 5.32 Å². The number of hydrogen-bond acceptors (Lipinski definition) is 3. The molecular weight excluding hydrogens is 244 g/mol. The van der Waals surface area contributed by atoms with Crippen LogP contribution in [0.25, 0.3) is 0 Å². The van der Waals surface area contributed by atoms with E-state index >= 15 is 0 Å². The number of nitrogens with one attached hydrogen (secondary N) is 1. The number of nitrogens with zero attached hydrogens (tertiary/aromatic N) is 1. The van der Waals surface area contributed by atoms with Crippen LogP contribution in [0.1, 0.15) is 26.5 Å². The molecule has 0 radical (unpaired) electrons. The SMILES string of the molecule is Cc1ccc(C(=O)NCCc2nccs2)cc1C. The maximum Gasteiger partial charge on any atom is 0.251 e. The molecule has 0 bridgehead atoms. The minimum Gasteiger partial charge on any atom is -0.352 e. The molecule has 0 aliphatic carbocycles. The summed E-state index contributed by atoms with van der Waals surface area (Å²) in [4.78, 5) is 16.1. The minimum absolute atomic E-state index is 0.0188. The van der Waals surface area contributed by atoms with Crippen LogP contribution >= 0.6 is 11.3 Å². The van der Waals surface area contributed by atoms with Gasteiger partial charge >= 0.3 is 0 Å². The van der Waals surface area contributed by atoms with Crippen LogP contribution in [0.5, 0.6) is 0 Å². The Hall–Kier alpha value is -1.68. The van der Waals surface area contributed by atoms with E-state index in [9.17, 15) is 4.79 Å². The smallest absolute Gasteiger partial charge is 0.251 e. The molecule has 2 rings (SSSR count). The number of benzene rings is 1. The van der Waals surface area contributed by atoms with E-state index in [1.165, 1.54) is 5.56 Å². The highest BCUT2D eigenvalue weighted by Crippen LogP contribution is 2.09. The number of hydrogen-bond donors (Lipinski definition) is 1. The van der Waals surface area contributed by atoms with E-state index in [0.29, 0.717) is 6.54 Å². The van der Waals surface area contributed by atoms with Crippen molar-refractivity contribution in [2.24, 2.45) is 0 Å². The van der Waals surface area contributed by atoms with Crippen molar-refractivity contribution in [1.29, 1.82) is 0 Å². The van der Waals surface area contributed by atoms with Crippen LogP contribution in [0.4, 0.5) is 0 Å². The molecule has 0 aliphatic rings. The summed E-state index contributed by atoms with van der Waals surface area (Å²) < 4.78 is 0. The van der Waals surface area contributed by atoms with Crippen molar-refractivity contribution in [2.45, 2.75) is 20.3 Å². The fraction of sp³-hybridized carbons (Fsp3) is 0.286. The predicted octanol–water partition coefficient (Wildman–Crippen LogP) is 2.73. The van der Waals surface area contributed by atoms with E-state index in [4.69, 9.17) is 0 Å². The molecule has 1 N–H and O–H groups in total. The van der Waals surface area contributed by atoms with Crippen LogP contribution in [0, 0.1) is 13.8 Å². The predicted molar refractivity (Wildman–Crippen MR) is 74.1 cm³/mol. The quantitative estimate of drug-likeness (QED) is 0.918. The van der Waals surface area contributed by atoms with Crippen LogP contribution in [-0.4, -0.2) is 17.4 Å². The maximum atomic E-state index is 11.9. The molecule has 2 aromatic rings. The van der Waals surface area contributed by atoms with Gasteiger partial charge in [0.15, 0.2) is 0 Å². The lowest BCUT2D eigenvalue weighted by Crippen LogP contribution is -2.25. The summed E-state index contributed by atoms with van der Waals surface area (Å²) in [7, 11) is 0. The molecule has 94 valence electrons. The molecule has 0 unspecified atom stereocenters. The highest BCUT2D eigenvalue weighted by atomic mass is 32.1. The molecule has 0 saturated heterocycles. The van der Waals surface area contributed by atoms with Gasteiger partial charge in [0.2, 0.25) is 0 Å². The number of carbonyl (C=O) groups excluding carboxylic acids is 1. The van der Waals surface area contributed by atoms with E-state index in [-0.39, 0.29) is 5.91 Å². The zero-order valence-electron chi connectivity index (χ0n) is 10.6. The second-order valence-electron chi connectivity index (χ2n) is 4.23. The summed E-state index contributed by atoms with van der Waals surface area (Å²) in [5.41, 5.74) is 3.06. The molecule has 18 heavy (non-hydrogen) atoms. The molecule has 0 aliphatic heterocycles. The van der Waals surface area contributed by atoms with Crippen molar-refractivity contribution in [3.8, 4) is 0 Å². The van der Waals surface area contributed by atoms with Gasteiger partial charge in [-0.1, -0.05) is 6.07 Å². The van der Waals surface area contributed by atoms with E-state index in [0.717, 1.165) is 22.6 Å². The Bertz CT molecular complexity index is 535. The molecule has 0 atom stereocenters. The zero-order valence-corrected chi connectivity index (χ0v) is 11.4. The van der Waals surface area contributed by atoms with Crippen molar-refractivity contribution in [3.63, 3.8) is 0 Å². The first kappa shape index (κ1) is 12.8. The van der Waals surface area contributed by atoms with Gasteiger partial charge in [0.25, 0.3) is 5.91 Å². The Kier molecular flexibility index (Phi) is 4.10. The highest BCUT2D eigenvalue weighted by molar-refractivity contribution is 7.09. The number of amides is 1. The van der Waals surface area contributed by atoms with Gasteiger partial charge in [-0.15, -0.1) is 11.3 Å². The Morgan fingerprint density at radius 1 is 1.33 bits per heavy atom. The van der Waals surface area contributed by atoms with Gasteiger partial charge in [-0.2, -0.15) is 0 Å². The molecule has 1 aromatic carbocycles. The maximum absolute atomic E-state index is 11.9. The van der Waals surface area contributed by atoms with E-state index in [2.05, 4.69) is 10.3 Å². The summed E-state index contributed by atoms with van der Waals surface area (Å²) >= 11 is 1.61. The molecule has 0 fully saturated rings. The fourth-order valence-electron chi connectivity index (χ4n) is 1.64. The van der Waals surface area contributed by atoms with Crippen LogP contribution in [-0.2, 0) is 6.42 Å². The monoisotopic (exact) mass is 260 g/mol. The number of thiazole rings is 1. The Morgan fingerprint density at radius 3 is 2.83 bits per heavy atom. The van der Waals surface area contributed by atoms with E-state index in [1.807, 2.05) is 37.4 Å². The molecule has 1 heterocycles. The molecule has 3 nitrogen and oxygen atoms in total. The number of aryl methyl sites for hydroxylation is 2. The topological polar surface area (TPSA) is 42.0 Å². The third-order valence-electron chi connectivity index (χ3n) is 2.88. The largest absolute Gasteiger partial charge is 0.352 e. The minimum atomic E-state index is -0.0188. The number of rotatable bonds is 4. The van der Waals surface area contributed by atoms with Gasteiger partial charge in [-0.25, -0.2) is 4.98 Å². The van der Waals surface area contributed by atoms with Crippen LogP contribution in [0.2, 0.25) is 0 Å². The molecule has 1 aromatic heterocycles. The summed E-state index contributed by atoms with van der Waals surface area (Å²) in [5, 5.41) is 5.91. The Morgan fingerprint density at radius 2 is 2.17 bits per heavy atom. The Balaban J connectivity index is 1.89. The van der Waals surface area contributed by atoms with Gasteiger partial charge in [0.05, 0.1) is 5.01 Å². The first-order valence-corrected chi connectivity index (χ1v) is 6.78. The second-order valence-corrected chi connectivity index (χ2v) is 5.21. The standard InChI is InChI=1S/C14H16N2OS/c1-10-3-4-12(9-11(10)2)14(17)16-6-5-13-15-7-8-18-13/h3-4,7-9H,5-6H2,1-2H3,(H,16,17). The van der Waals surface area contributed by atoms with Crippen molar-refractivity contribution in [2.75, 3.05) is 6.54 Å². The van der Waals surface area contributed by atoms with Crippen LogP contribution in [0.3, 0.4) is 0 Å². The lowest BCUT2D eigenvalue weighted by Gasteiger charge is -2.06. The molecule has 4 heteroatoms.